The summed E-state index contributed by atoms with van der Waals surface area (Å²) in [6, 6.07) is 1.15. The molecule has 5 nitrogen and oxygen atoms in total. The molecule has 0 atom stereocenters. The van der Waals surface area contributed by atoms with Crippen LogP contribution in [0, 0.1) is 17.5 Å². The van der Waals surface area contributed by atoms with Crippen molar-refractivity contribution in [3.8, 4) is 5.69 Å². The fourth-order valence-corrected chi connectivity index (χ4v) is 1.50. The third kappa shape index (κ3) is 2.61. The molecule has 0 aliphatic carbocycles. The molecule has 3 N–H and O–H groups in total. The van der Waals surface area contributed by atoms with Crippen molar-refractivity contribution in [2.45, 2.75) is 19.9 Å². The lowest BCUT2D eigenvalue weighted by molar-refractivity contribution is 0.491. The number of nitrogens with zero attached hydrogens (tertiary/aromatic N) is 3. The average molecular weight is 271 g/mol. The molecule has 0 spiro atoms. The topological polar surface area (TPSA) is 68.8 Å². The molecule has 0 aliphatic rings. The van der Waals surface area contributed by atoms with E-state index >= 15 is 0 Å². The predicted molar refractivity (Wildman–Crippen MR) is 64.4 cm³/mol. The molecule has 19 heavy (non-hydrogen) atoms. The highest BCUT2D eigenvalue weighted by Crippen LogP contribution is 2.20. The number of hydrogen-bond donors (Lipinski definition) is 2. The van der Waals surface area contributed by atoms with Crippen LogP contribution < -0.4 is 11.1 Å². The summed E-state index contributed by atoms with van der Waals surface area (Å²) < 4.78 is 40.5. The van der Waals surface area contributed by atoms with E-state index in [2.05, 4.69) is 15.4 Å². The van der Waals surface area contributed by atoms with Gasteiger partial charge in [0.15, 0.2) is 17.5 Å². The van der Waals surface area contributed by atoms with Gasteiger partial charge in [-0.1, -0.05) is 0 Å². The fourth-order valence-electron chi connectivity index (χ4n) is 1.50. The Bertz CT molecular complexity index is 609. The van der Waals surface area contributed by atoms with Crippen molar-refractivity contribution in [1.29, 1.82) is 0 Å². The Labute approximate surface area is 107 Å². The van der Waals surface area contributed by atoms with E-state index in [9.17, 15) is 13.2 Å². The maximum atomic E-state index is 13.6. The van der Waals surface area contributed by atoms with E-state index in [4.69, 9.17) is 5.73 Å². The number of benzene rings is 1. The van der Waals surface area contributed by atoms with Gasteiger partial charge in [0, 0.05) is 18.2 Å². The molecule has 1 aromatic carbocycles. The van der Waals surface area contributed by atoms with Crippen LogP contribution in [0.3, 0.4) is 0 Å². The number of nitrogens with two attached hydrogens (primary N) is 1. The van der Waals surface area contributed by atoms with Crippen molar-refractivity contribution < 1.29 is 13.2 Å². The number of anilines is 2. The van der Waals surface area contributed by atoms with Crippen molar-refractivity contribution in [3.05, 3.63) is 29.6 Å². The molecule has 0 radical (unpaired) electrons. The van der Waals surface area contributed by atoms with Crippen LogP contribution in [-0.4, -0.2) is 20.8 Å². The highest BCUT2D eigenvalue weighted by atomic mass is 19.2. The second kappa shape index (κ2) is 4.79. The Morgan fingerprint density at radius 1 is 1.16 bits per heavy atom. The molecule has 0 unspecified atom stereocenters. The first-order chi connectivity index (χ1) is 8.88. The number of halogens is 3. The summed E-state index contributed by atoms with van der Waals surface area (Å²) >= 11 is 0. The maximum Gasteiger partial charge on any atom is 0.244 e. The molecule has 102 valence electrons. The summed E-state index contributed by atoms with van der Waals surface area (Å²) in [5.74, 6) is -3.40. The summed E-state index contributed by atoms with van der Waals surface area (Å²) in [5, 5.41) is 6.76. The van der Waals surface area contributed by atoms with Gasteiger partial charge in [0.2, 0.25) is 11.9 Å². The number of aromatic nitrogens is 3. The second-order valence-corrected chi connectivity index (χ2v) is 4.22. The van der Waals surface area contributed by atoms with E-state index in [1.54, 1.807) is 0 Å². The van der Waals surface area contributed by atoms with Crippen LogP contribution in [0.4, 0.5) is 25.1 Å². The first kappa shape index (κ1) is 13.2. The van der Waals surface area contributed by atoms with E-state index in [1.807, 2.05) is 13.8 Å². The van der Waals surface area contributed by atoms with Crippen LogP contribution >= 0.6 is 0 Å². The number of nitrogens with one attached hydrogen (secondary N) is 1. The quantitative estimate of drug-likeness (QED) is 0.839. The molecule has 0 bridgehead atoms. The Hall–Kier alpha value is -2.25. The highest BCUT2D eigenvalue weighted by Gasteiger charge is 2.16. The third-order valence-electron chi connectivity index (χ3n) is 2.27. The average Bonchev–Trinajstić information content (AvgIpc) is 2.63. The monoisotopic (exact) mass is 271 g/mol. The minimum absolute atomic E-state index is 0.0463. The van der Waals surface area contributed by atoms with E-state index in [0.717, 1.165) is 4.68 Å². The third-order valence-corrected chi connectivity index (χ3v) is 2.27. The van der Waals surface area contributed by atoms with Gasteiger partial charge in [-0.25, -0.2) is 13.2 Å². The van der Waals surface area contributed by atoms with Crippen LogP contribution in [-0.2, 0) is 0 Å². The van der Waals surface area contributed by atoms with Crippen LogP contribution in [0.1, 0.15) is 13.8 Å². The van der Waals surface area contributed by atoms with Gasteiger partial charge in [-0.3, -0.25) is 0 Å². The lowest BCUT2D eigenvalue weighted by Gasteiger charge is -2.05. The van der Waals surface area contributed by atoms with Gasteiger partial charge in [-0.2, -0.15) is 9.67 Å². The first-order valence-corrected chi connectivity index (χ1v) is 5.52. The van der Waals surface area contributed by atoms with Crippen molar-refractivity contribution in [1.82, 2.24) is 14.8 Å². The van der Waals surface area contributed by atoms with Crippen LogP contribution in [0.2, 0.25) is 0 Å². The Balaban J connectivity index is 2.47. The minimum Gasteiger partial charge on any atom is -0.368 e. The highest BCUT2D eigenvalue weighted by molar-refractivity contribution is 5.43. The van der Waals surface area contributed by atoms with Crippen LogP contribution in [0.15, 0.2) is 12.1 Å². The zero-order valence-corrected chi connectivity index (χ0v) is 10.3. The van der Waals surface area contributed by atoms with Crippen molar-refractivity contribution in [3.63, 3.8) is 0 Å². The van der Waals surface area contributed by atoms with E-state index in [1.165, 1.54) is 0 Å². The molecule has 2 aromatic rings. The molecule has 0 saturated heterocycles. The second-order valence-electron chi connectivity index (χ2n) is 4.22. The van der Waals surface area contributed by atoms with Crippen LogP contribution in [0.5, 0.6) is 0 Å². The first-order valence-electron chi connectivity index (χ1n) is 5.52. The van der Waals surface area contributed by atoms with Crippen molar-refractivity contribution in [2.75, 3.05) is 11.1 Å². The summed E-state index contributed by atoms with van der Waals surface area (Å²) in [6.07, 6.45) is 0. The summed E-state index contributed by atoms with van der Waals surface area (Å²) in [7, 11) is 0. The zero-order chi connectivity index (χ0) is 14.2. The molecule has 2 rings (SSSR count). The smallest absolute Gasteiger partial charge is 0.244 e. The largest absolute Gasteiger partial charge is 0.368 e. The van der Waals surface area contributed by atoms with Crippen molar-refractivity contribution >= 4 is 11.9 Å². The molecule has 0 aliphatic heterocycles. The van der Waals surface area contributed by atoms with E-state index < -0.39 is 17.5 Å². The van der Waals surface area contributed by atoms with Gasteiger partial charge in [0.05, 0.1) is 0 Å². The van der Waals surface area contributed by atoms with E-state index in [0.29, 0.717) is 12.1 Å². The SMILES string of the molecule is CC(C)Nc1nc(N)n(-c2cc(F)c(F)cc2F)n1. The maximum absolute atomic E-state index is 13.6. The predicted octanol–water partition coefficient (Wildman–Crippen LogP) is 2.09. The Morgan fingerprint density at radius 3 is 2.42 bits per heavy atom. The zero-order valence-electron chi connectivity index (χ0n) is 10.3. The van der Waals surface area contributed by atoms with Gasteiger partial charge < -0.3 is 11.1 Å². The van der Waals surface area contributed by atoms with Crippen LogP contribution in [0.25, 0.3) is 5.69 Å². The lowest BCUT2D eigenvalue weighted by atomic mass is 10.3. The Morgan fingerprint density at radius 2 is 1.79 bits per heavy atom. The minimum atomic E-state index is -1.28. The van der Waals surface area contributed by atoms with Gasteiger partial charge >= 0.3 is 0 Å². The molecule has 0 fully saturated rings. The summed E-state index contributed by atoms with van der Waals surface area (Å²) in [6.45, 7) is 3.71. The lowest BCUT2D eigenvalue weighted by Crippen LogP contribution is -2.11. The van der Waals surface area contributed by atoms with Gasteiger partial charge in [0.1, 0.15) is 5.69 Å². The molecular weight excluding hydrogens is 259 g/mol. The van der Waals surface area contributed by atoms with Gasteiger partial charge in [0.25, 0.3) is 0 Å². The van der Waals surface area contributed by atoms with Gasteiger partial charge in [-0.05, 0) is 13.8 Å². The molecule has 1 heterocycles. The summed E-state index contributed by atoms with van der Waals surface area (Å²) in [4.78, 5) is 3.86. The number of nitrogen functional groups attached to an aromatic ring is 1. The molecule has 0 saturated carbocycles. The van der Waals surface area contributed by atoms with Crippen molar-refractivity contribution in [2.24, 2.45) is 0 Å². The Kier molecular flexibility index (Phi) is 3.32. The summed E-state index contributed by atoms with van der Waals surface area (Å²) in [5.41, 5.74) is 5.27. The van der Waals surface area contributed by atoms with Gasteiger partial charge in [-0.15, -0.1) is 5.10 Å². The van der Waals surface area contributed by atoms with E-state index in [-0.39, 0.29) is 23.6 Å². The molecule has 8 heteroatoms. The normalized spacial score (nSPS) is 11.1. The number of hydrogen-bond acceptors (Lipinski definition) is 4. The molecule has 1 aromatic heterocycles. The number of rotatable bonds is 3. The fraction of sp³-hybridized carbons (Fsp3) is 0.273. The standard InChI is InChI=1S/C11H12F3N5/c1-5(2)16-11-17-10(15)19(18-11)9-4-7(13)6(12)3-8(9)14/h3-5H,1-2H3,(H3,15,16,17,18). The molecule has 0 amide bonds. The molecular formula is C11H12F3N5.